The van der Waals surface area contributed by atoms with Crippen molar-refractivity contribution in [1.29, 1.82) is 0 Å². The lowest BCUT2D eigenvalue weighted by Crippen LogP contribution is -2.47. The number of aliphatic hydroxyl groups excluding tert-OH is 1. The molecule has 1 heterocycles. The second-order valence-corrected chi connectivity index (χ2v) is 5.50. The fraction of sp³-hybridized carbons (Fsp3) is 0.600. The van der Waals surface area contributed by atoms with Gasteiger partial charge < -0.3 is 15.7 Å². The summed E-state index contributed by atoms with van der Waals surface area (Å²) < 4.78 is 26.3. The van der Waals surface area contributed by atoms with Crippen LogP contribution < -0.4 is 5.73 Å². The summed E-state index contributed by atoms with van der Waals surface area (Å²) in [6, 6.07) is 3.10. The molecule has 1 aromatic rings. The molecule has 0 radical (unpaired) electrons. The zero-order valence-electron chi connectivity index (χ0n) is 12.1. The molecule has 1 aliphatic rings. The van der Waals surface area contributed by atoms with Crippen LogP contribution in [0.4, 0.5) is 8.78 Å². The third-order valence-corrected chi connectivity index (χ3v) is 3.95. The van der Waals surface area contributed by atoms with Crippen molar-refractivity contribution in [2.24, 2.45) is 5.73 Å². The first-order valence-electron chi connectivity index (χ1n) is 7.35. The number of aliphatic hydroxyl groups is 1. The number of hydrogen-bond acceptors (Lipinski definition) is 4. The molecule has 1 unspecified atom stereocenters. The Morgan fingerprint density at radius 2 is 1.52 bits per heavy atom. The van der Waals surface area contributed by atoms with Gasteiger partial charge >= 0.3 is 0 Å². The number of nitrogens with two attached hydrogens (primary N) is 1. The molecule has 0 saturated carbocycles. The van der Waals surface area contributed by atoms with Crippen molar-refractivity contribution in [1.82, 2.24) is 9.80 Å². The second kappa shape index (κ2) is 7.79. The maximum absolute atomic E-state index is 13.2. The highest BCUT2D eigenvalue weighted by Gasteiger charge is 2.17. The van der Waals surface area contributed by atoms with Gasteiger partial charge in [-0.05, 0) is 24.1 Å². The number of nitrogens with zero attached hydrogens (tertiary/aromatic N) is 2. The maximum atomic E-state index is 13.2. The number of piperazine rings is 1. The summed E-state index contributed by atoms with van der Waals surface area (Å²) in [7, 11) is 0. The van der Waals surface area contributed by atoms with Gasteiger partial charge in [0.2, 0.25) is 0 Å². The molecule has 2 rings (SSSR count). The predicted octanol–water partition coefficient (Wildman–Crippen LogP) is 0.965. The minimum atomic E-state index is -0.585. The first-order chi connectivity index (χ1) is 10.1. The molecule has 118 valence electrons. The highest BCUT2D eigenvalue weighted by Crippen LogP contribution is 2.18. The van der Waals surface area contributed by atoms with Gasteiger partial charge in [-0.25, -0.2) is 8.78 Å². The molecule has 1 atom stereocenters. The Bertz CT molecular complexity index is 430. The van der Waals surface area contributed by atoms with E-state index in [-0.39, 0.29) is 12.6 Å². The molecule has 0 bridgehead atoms. The van der Waals surface area contributed by atoms with Crippen molar-refractivity contribution in [2.45, 2.75) is 12.5 Å². The molecule has 6 heteroatoms. The van der Waals surface area contributed by atoms with Gasteiger partial charge in [-0.3, -0.25) is 4.90 Å². The van der Waals surface area contributed by atoms with Crippen molar-refractivity contribution < 1.29 is 13.9 Å². The normalized spacial score (nSPS) is 18.9. The molecule has 1 fully saturated rings. The molecule has 4 nitrogen and oxygen atoms in total. The molecule has 0 spiro atoms. The van der Waals surface area contributed by atoms with Crippen LogP contribution in [-0.4, -0.2) is 60.8 Å². The van der Waals surface area contributed by atoms with Crippen LogP contribution in [0.2, 0.25) is 0 Å². The van der Waals surface area contributed by atoms with Gasteiger partial charge in [0.25, 0.3) is 0 Å². The Balaban J connectivity index is 1.78. The van der Waals surface area contributed by atoms with E-state index in [1.165, 1.54) is 12.1 Å². The van der Waals surface area contributed by atoms with Crippen LogP contribution in [0.15, 0.2) is 18.2 Å². The quantitative estimate of drug-likeness (QED) is 0.822. The van der Waals surface area contributed by atoms with Crippen LogP contribution in [0, 0.1) is 11.6 Å². The van der Waals surface area contributed by atoms with Crippen LogP contribution >= 0.6 is 0 Å². The zero-order valence-corrected chi connectivity index (χ0v) is 12.1. The summed E-state index contributed by atoms with van der Waals surface area (Å²) in [5.74, 6) is -1.17. The minimum Gasteiger partial charge on any atom is -0.395 e. The molecule has 3 N–H and O–H groups in total. The molecule has 0 aromatic heterocycles. The van der Waals surface area contributed by atoms with E-state index >= 15 is 0 Å². The van der Waals surface area contributed by atoms with Gasteiger partial charge in [0.15, 0.2) is 0 Å². The zero-order chi connectivity index (χ0) is 15.2. The summed E-state index contributed by atoms with van der Waals surface area (Å²) in [6.07, 6.45) is 0.670. The van der Waals surface area contributed by atoms with E-state index in [4.69, 9.17) is 10.8 Å². The van der Waals surface area contributed by atoms with Crippen LogP contribution in [0.3, 0.4) is 0 Å². The standard InChI is InChI=1S/C15H23F2N3O/c16-13-9-12(10-14(17)11-13)15(18)1-2-19-3-5-20(6-4-19)7-8-21/h9-11,15,21H,1-8,18H2. The van der Waals surface area contributed by atoms with Crippen molar-refractivity contribution in [3.63, 3.8) is 0 Å². The van der Waals surface area contributed by atoms with Crippen molar-refractivity contribution in [3.05, 3.63) is 35.4 Å². The van der Waals surface area contributed by atoms with Gasteiger partial charge in [-0.2, -0.15) is 0 Å². The first-order valence-corrected chi connectivity index (χ1v) is 7.35. The van der Waals surface area contributed by atoms with E-state index in [2.05, 4.69) is 9.80 Å². The van der Waals surface area contributed by atoms with Crippen LogP contribution in [0.25, 0.3) is 0 Å². The molecule has 0 aliphatic carbocycles. The number of benzene rings is 1. The van der Waals surface area contributed by atoms with Crippen molar-refractivity contribution in [2.75, 3.05) is 45.9 Å². The first kappa shape index (κ1) is 16.3. The third kappa shape index (κ3) is 5.00. The van der Waals surface area contributed by atoms with Gasteiger partial charge in [0, 0.05) is 51.4 Å². The summed E-state index contributed by atoms with van der Waals surface area (Å²) in [5, 5.41) is 8.90. The smallest absolute Gasteiger partial charge is 0.126 e. The highest BCUT2D eigenvalue weighted by atomic mass is 19.1. The third-order valence-electron chi connectivity index (χ3n) is 3.95. The SMILES string of the molecule is NC(CCN1CCN(CCO)CC1)c1cc(F)cc(F)c1. The van der Waals surface area contributed by atoms with E-state index in [1.807, 2.05) is 0 Å². The molecule has 1 aromatic carbocycles. The van der Waals surface area contributed by atoms with Gasteiger partial charge in [0.05, 0.1) is 6.61 Å². The molecule has 0 amide bonds. The van der Waals surface area contributed by atoms with Crippen LogP contribution in [-0.2, 0) is 0 Å². The largest absolute Gasteiger partial charge is 0.395 e. The summed E-state index contributed by atoms with van der Waals surface area (Å²) in [4.78, 5) is 4.52. The van der Waals surface area contributed by atoms with Crippen LogP contribution in [0.1, 0.15) is 18.0 Å². The average Bonchev–Trinajstić information content (AvgIpc) is 2.45. The van der Waals surface area contributed by atoms with E-state index in [1.54, 1.807) is 0 Å². The van der Waals surface area contributed by atoms with E-state index < -0.39 is 11.6 Å². The molecule has 21 heavy (non-hydrogen) atoms. The van der Waals surface area contributed by atoms with E-state index in [9.17, 15) is 8.78 Å². The number of halogens is 2. The lowest BCUT2D eigenvalue weighted by molar-refractivity contribution is 0.110. The molecule has 1 aliphatic heterocycles. The Morgan fingerprint density at radius 1 is 1.00 bits per heavy atom. The molecular weight excluding hydrogens is 276 g/mol. The van der Waals surface area contributed by atoms with E-state index in [0.717, 1.165) is 45.3 Å². The number of β-amino-alcohol motifs (C(OH)–C–C–N with tert-alkyl or cyclic N) is 1. The minimum absolute atomic E-state index is 0.190. The monoisotopic (exact) mass is 299 g/mol. The Morgan fingerprint density at radius 3 is 2.05 bits per heavy atom. The van der Waals surface area contributed by atoms with Gasteiger partial charge in [-0.15, -0.1) is 0 Å². The second-order valence-electron chi connectivity index (χ2n) is 5.50. The average molecular weight is 299 g/mol. The number of hydrogen-bond donors (Lipinski definition) is 2. The lowest BCUT2D eigenvalue weighted by Gasteiger charge is -2.34. The topological polar surface area (TPSA) is 52.7 Å². The summed E-state index contributed by atoms with van der Waals surface area (Å²) in [6.45, 7) is 5.46. The summed E-state index contributed by atoms with van der Waals surface area (Å²) in [5.41, 5.74) is 6.53. The fourth-order valence-corrected chi connectivity index (χ4v) is 2.66. The van der Waals surface area contributed by atoms with Crippen molar-refractivity contribution >= 4 is 0 Å². The predicted molar refractivity (Wildman–Crippen MR) is 77.9 cm³/mol. The van der Waals surface area contributed by atoms with Gasteiger partial charge in [-0.1, -0.05) is 0 Å². The lowest BCUT2D eigenvalue weighted by atomic mass is 10.0. The maximum Gasteiger partial charge on any atom is 0.126 e. The van der Waals surface area contributed by atoms with Gasteiger partial charge in [0.1, 0.15) is 11.6 Å². The molecule has 1 saturated heterocycles. The highest BCUT2D eigenvalue weighted by molar-refractivity contribution is 5.21. The van der Waals surface area contributed by atoms with Crippen LogP contribution in [0.5, 0.6) is 0 Å². The Hall–Kier alpha value is -1.08. The Kier molecular flexibility index (Phi) is 6.05. The molecular formula is C15H23F2N3O. The fourth-order valence-electron chi connectivity index (χ4n) is 2.66. The summed E-state index contributed by atoms with van der Waals surface area (Å²) >= 11 is 0. The number of rotatable bonds is 6. The Labute approximate surface area is 124 Å². The van der Waals surface area contributed by atoms with Crippen molar-refractivity contribution in [3.8, 4) is 0 Å². The van der Waals surface area contributed by atoms with E-state index in [0.29, 0.717) is 12.0 Å².